The molecule has 0 radical (unpaired) electrons. The van der Waals surface area contributed by atoms with Crippen LogP contribution in [0.5, 0.6) is 0 Å². The Kier molecular flexibility index (Phi) is 7.43. The van der Waals surface area contributed by atoms with Crippen molar-refractivity contribution < 1.29 is 19.1 Å². The first-order chi connectivity index (χ1) is 18.0. The predicted octanol–water partition coefficient (Wildman–Crippen LogP) is 3.34. The number of ether oxygens (including phenoxy) is 2. The highest BCUT2D eigenvalue weighted by Crippen LogP contribution is 2.44. The van der Waals surface area contributed by atoms with Crippen LogP contribution in [0.15, 0.2) is 56.3 Å². The molecule has 0 spiro atoms. The molecule has 1 aromatic rings. The molecule has 3 heterocycles. The van der Waals surface area contributed by atoms with Crippen molar-refractivity contribution in [1.29, 1.82) is 0 Å². The minimum absolute atomic E-state index is 0.0837. The van der Waals surface area contributed by atoms with Gasteiger partial charge in [0.1, 0.15) is 0 Å². The number of azo groups is 1. The van der Waals surface area contributed by atoms with Crippen LogP contribution in [-0.4, -0.2) is 74.2 Å². The number of benzene rings is 1. The van der Waals surface area contributed by atoms with Crippen molar-refractivity contribution in [3.8, 4) is 0 Å². The SMILES string of the molecule is CCOC(=O)C1CCC(C2(N3CCOCC3)N=C3N=NC=C3C(c3ccc(NC(=O)NC)cc3)=N2)CC1. The van der Waals surface area contributed by atoms with Crippen molar-refractivity contribution in [2.75, 3.05) is 45.3 Å². The van der Waals surface area contributed by atoms with Gasteiger partial charge in [-0.25, -0.2) is 14.8 Å². The van der Waals surface area contributed by atoms with E-state index >= 15 is 0 Å². The summed E-state index contributed by atoms with van der Waals surface area (Å²) in [7, 11) is 1.58. The molecule has 196 valence electrons. The lowest BCUT2D eigenvalue weighted by atomic mass is 9.77. The molecule has 5 rings (SSSR count). The van der Waals surface area contributed by atoms with Crippen LogP contribution >= 0.6 is 0 Å². The Bertz CT molecular complexity index is 1150. The van der Waals surface area contributed by atoms with E-state index in [1.54, 1.807) is 13.2 Å². The molecule has 37 heavy (non-hydrogen) atoms. The number of anilines is 1. The number of esters is 1. The molecule has 2 N–H and O–H groups in total. The molecule has 3 aliphatic heterocycles. The first kappa shape index (κ1) is 25.2. The van der Waals surface area contributed by atoms with E-state index in [-0.39, 0.29) is 23.8 Å². The molecule has 11 nitrogen and oxygen atoms in total. The number of carbonyl (C=O) groups is 2. The van der Waals surface area contributed by atoms with Gasteiger partial charge >= 0.3 is 12.0 Å². The average Bonchev–Trinajstić information content (AvgIpc) is 3.42. The molecule has 0 aromatic heterocycles. The zero-order valence-electron chi connectivity index (χ0n) is 21.3. The van der Waals surface area contributed by atoms with Crippen LogP contribution in [0.2, 0.25) is 0 Å². The minimum atomic E-state index is -0.853. The smallest absolute Gasteiger partial charge is 0.318 e. The largest absolute Gasteiger partial charge is 0.466 e. The van der Waals surface area contributed by atoms with Gasteiger partial charge in [0, 0.05) is 37.3 Å². The second-order valence-electron chi connectivity index (χ2n) is 9.52. The lowest BCUT2D eigenvalue weighted by molar-refractivity contribution is -0.150. The van der Waals surface area contributed by atoms with Crippen LogP contribution in [0.1, 0.15) is 38.2 Å². The molecule has 1 atom stereocenters. The summed E-state index contributed by atoms with van der Waals surface area (Å²) in [5.74, 6) is -0.365. The van der Waals surface area contributed by atoms with Gasteiger partial charge in [-0.3, -0.25) is 9.69 Å². The van der Waals surface area contributed by atoms with E-state index in [4.69, 9.17) is 19.5 Å². The summed E-state index contributed by atoms with van der Waals surface area (Å²) in [4.78, 5) is 36.9. The van der Waals surface area contributed by atoms with Gasteiger partial charge in [-0.15, -0.1) is 5.11 Å². The number of carbonyl (C=O) groups excluding carboxylic acids is 2. The number of amidine groups is 1. The first-order valence-electron chi connectivity index (χ1n) is 12.9. The number of aliphatic imine (C=N–C) groups is 2. The first-order valence-corrected chi connectivity index (χ1v) is 12.9. The van der Waals surface area contributed by atoms with Crippen molar-refractivity contribution in [1.82, 2.24) is 10.2 Å². The molecule has 1 saturated carbocycles. The van der Waals surface area contributed by atoms with E-state index in [2.05, 4.69) is 25.8 Å². The van der Waals surface area contributed by atoms with Gasteiger partial charge < -0.3 is 20.1 Å². The lowest BCUT2D eigenvalue weighted by Gasteiger charge is -2.48. The minimum Gasteiger partial charge on any atom is -0.466 e. The highest BCUT2D eigenvalue weighted by Gasteiger charge is 2.49. The maximum atomic E-state index is 12.4. The summed E-state index contributed by atoms with van der Waals surface area (Å²) in [6, 6.07) is 7.30. The maximum Gasteiger partial charge on any atom is 0.318 e. The fourth-order valence-corrected chi connectivity index (χ4v) is 5.48. The summed E-state index contributed by atoms with van der Waals surface area (Å²) in [6.07, 6.45) is 4.80. The molecule has 1 aromatic carbocycles. The van der Waals surface area contributed by atoms with Crippen LogP contribution in [0.4, 0.5) is 10.5 Å². The van der Waals surface area contributed by atoms with Crippen molar-refractivity contribution in [2.45, 2.75) is 38.4 Å². The van der Waals surface area contributed by atoms with Gasteiger partial charge in [0.2, 0.25) is 5.79 Å². The number of hydrogen-bond acceptors (Lipinski definition) is 9. The Labute approximate surface area is 216 Å². The van der Waals surface area contributed by atoms with Gasteiger partial charge in [0.15, 0.2) is 5.84 Å². The summed E-state index contributed by atoms with van der Waals surface area (Å²) in [6.45, 7) is 4.87. The highest BCUT2D eigenvalue weighted by atomic mass is 16.5. The molecule has 0 bridgehead atoms. The Morgan fingerprint density at radius 2 is 1.84 bits per heavy atom. The number of nitrogens with zero attached hydrogens (tertiary/aromatic N) is 5. The molecule has 1 unspecified atom stereocenters. The van der Waals surface area contributed by atoms with E-state index < -0.39 is 5.79 Å². The van der Waals surface area contributed by atoms with E-state index in [9.17, 15) is 9.59 Å². The summed E-state index contributed by atoms with van der Waals surface area (Å²) < 4.78 is 10.9. The van der Waals surface area contributed by atoms with Crippen LogP contribution in [-0.2, 0) is 14.3 Å². The second kappa shape index (κ2) is 10.9. The van der Waals surface area contributed by atoms with Crippen LogP contribution in [0.25, 0.3) is 0 Å². The lowest BCUT2D eigenvalue weighted by Crippen LogP contribution is -2.58. The molecular weight excluding hydrogens is 474 g/mol. The summed E-state index contributed by atoms with van der Waals surface area (Å²) in [5, 5.41) is 13.9. The monoisotopic (exact) mass is 507 g/mol. The Morgan fingerprint density at radius 1 is 1.11 bits per heavy atom. The number of hydrogen-bond donors (Lipinski definition) is 2. The third-order valence-electron chi connectivity index (χ3n) is 7.40. The molecular formula is C26H33N7O4. The van der Waals surface area contributed by atoms with Crippen molar-refractivity contribution in [3.63, 3.8) is 0 Å². The van der Waals surface area contributed by atoms with Crippen molar-refractivity contribution in [3.05, 3.63) is 41.6 Å². The molecule has 2 amide bonds. The number of urea groups is 1. The number of amides is 2. The fourth-order valence-electron chi connectivity index (χ4n) is 5.48. The van der Waals surface area contributed by atoms with Crippen molar-refractivity contribution in [2.24, 2.45) is 32.0 Å². The molecule has 11 heteroatoms. The highest BCUT2D eigenvalue weighted by molar-refractivity contribution is 6.31. The molecule has 1 saturated heterocycles. The zero-order chi connectivity index (χ0) is 25.8. The Hall–Kier alpha value is -3.44. The normalized spacial score (nSPS) is 27.5. The van der Waals surface area contributed by atoms with E-state index in [0.29, 0.717) is 44.4 Å². The van der Waals surface area contributed by atoms with Crippen LogP contribution < -0.4 is 10.6 Å². The third kappa shape index (κ3) is 5.05. The molecule has 2 fully saturated rings. The molecule has 1 aliphatic carbocycles. The summed E-state index contributed by atoms with van der Waals surface area (Å²) >= 11 is 0. The molecule has 4 aliphatic rings. The van der Waals surface area contributed by atoms with Crippen LogP contribution in [0, 0.1) is 11.8 Å². The van der Waals surface area contributed by atoms with Gasteiger partial charge in [-0.2, -0.15) is 5.11 Å². The number of rotatable bonds is 6. The van der Waals surface area contributed by atoms with Gasteiger partial charge in [-0.1, -0.05) is 12.1 Å². The van der Waals surface area contributed by atoms with Gasteiger partial charge in [0.25, 0.3) is 0 Å². The number of nitrogens with one attached hydrogen (secondary N) is 2. The van der Waals surface area contributed by atoms with Gasteiger partial charge in [0.05, 0.1) is 43.2 Å². The standard InChI is InChI=1S/C26H33N7O4/c1-3-37-24(34)18-4-8-19(9-5-18)26(33-12-14-36-15-13-33)30-22(21-16-28-32-23(21)31-26)17-6-10-20(11-7-17)29-25(35)27-2/h6-7,10-11,16,18-19H,3-5,8-9,12-15H2,1-2H3,(H2,27,29,35). The topological polar surface area (TPSA) is 129 Å². The Balaban J connectivity index is 1.50. The summed E-state index contributed by atoms with van der Waals surface area (Å²) in [5.41, 5.74) is 3.14. The van der Waals surface area contributed by atoms with Crippen molar-refractivity contribution >= 4 is 29.2 Å². The fraction of sp³-hybridized carbons (Fsp3) is 0.538. The Morgan fingerprint density at radius 3 is 2.51 bits per heavy atom. The maximum absolute atomic E-state index is 12.4. The van der Waals surface area contributed by atoms with E-state index in [1.165, 1.54) is 0 Å². The number of fused-ring (bicyclic) bond motifs is 1. The zero-order valence-corrected chi connectivity index (χ0v) is 21.3. The number of morpholine rings is 1. The predicted molar refractivity (Wildman–Crippen MR) is 139 cm³/mol. The van der Waals surface area contributed by atoms with E-state index in [1.807, 2.05) is 31.2 Å². The third-order valence-corrected chi connectivity index (χ3v) is 7.40. The van der Waals surface area contributed by atoms with Crippen LogP contribution in [0.3, 0.4) is 0 Å². The average molecular weight is 508 g/mol. The second-order valence-corrected chi connectivity index (χ2v) is 9.52. The van der Waals surface area contributed by atoms with Gasteiger partial charge in [-0.05, 0) is 44.7 Å². The van der Waals surface area contributed by atoms with E-state index in [0.717, 1.165) is 42.5 Å². The quantitative estimate of drug-likeness (QED) is 0.571.